The molecule has 8 atom stereocenters. The molecule has 0 aliphatic heterocycles. The van der Waals surface area contributed by atoms with Gasteiger partial charge in [-0.1, -0.05) is 6.42 Å². The van der Waals surface area contributed by atoms with Crippen molar-refractivity contribution < 1.29 is 9.59 Å². The summed E-state index contributed by atoms with van der Waals surface area (Å²) in [5, 5.41) is 0. The molecule has 0 aromatic carbocycles. The van der Waals surface area contributed by atoms with Gasteiger partial charge in [0.15, 0.2) is 0 Å². The molecule has 28 heavy (non-hydrogen) atoms. The van der Waals surface area contributed by atoms with Crippen molar-refractivity contribution in [3.05, 3.63) is 0 Å². The highest BCUT2D eigenvalue weighted by Crippen LogP contribution is 2.64. The average molecular weight is 389 g/mol. The Hall–Kier alpha value is -0.740. The van der Waals surface area contributed by atoms with Crippen molar-refractivity contribution in [2.24, 2.45) is 47.3 Å². The molecule has 4 fully saturated rings. The second-order valence-electron chi connectivity index (χ2n) is 10.9. The van der Waals surface area contributed by atoms with E-state index in [-0.39, 0.29) is 5.92 Å². The van der Waals surface area contributed by atoms with Crippen molar-refractivity contribution in [1.29, 1.82) is 0 Å². The molecule has 4 aliphatic carbocycles. The highest BCUT2D eigenvalue weighted by atomic mass is 16.1. The van der Waals surface area contributed by atoms with Crippen molar-refractivity contribution in [3.8, 4) is 0 Å². The average Bonchev–Trinajstić information content (AvgIpc) is 2.96. The maximum absolute atomic E-state index is 13.0. The minimum Gasteiger partial charge on any atom is -0.302 e. The van der Waals surface area contributed by atoms with Gasteiger partial charge in [-0.25, -0.2) is 0 Å². The van der Waals surface area contributed by atoms with Crippen LogP contribution < -0.4 is 0 Å². The molecule has 0 amide bonds. The Morgan fingerprint density at radius 2 is 1.29 bits per heavy atom. The molecule has 0 saturated heterocycles. The molecular weight excluding hydrogens is 348 g/mol. The SMILES string of the molecule is CN(C)CC(=O)C1CCC2C(C1)C1CCC(C(=O)CN(C)C)C3CCCC2C31. The van der Waals surface area contributed by atoms with Crippen LogP contribution in [-0.4, -0.2) is 62.6 Å². The highest BCUT2D eigenvalue weighted by molar-refractivity contribution is 5.83. The normalized spacial score (nSPS) is 42.4. The first-order chi connectivity index (χ1) is 13.4. The van der Waals surface area contributed by atoms with Gasteiger partial charge in [-0.15, -0.1) is 0 Å². The van der Waals surface area contributed by atoms with E-state index in [0.717, 1.165) is 48.9 Å². The Bertz CT molecular complexity index is 601. The van der Waals surface area contributed by atoms with Crippen LogP contribution in [0.3, 0.4) is 0 Å². The minimum atomic E-state index is 0.287. The summed E-state index contributed by atoms with van der Waals surface area (Å²) in [6, 6.07) is 0. The molecular formula is C24H40N2O2. The second kappa shape index (κ2) is 8.18. The Balaban J connectivity index is 1.50. The molecule has 0 aromatic heterocycles. The number of hydrogen-bond acceptors (Lipinski definition) is 4. The number of nitrogens with zero attached hydrogens (tertiary/aromatic N) is 2. The zero-order chi connectivity index (χ0) is 20.0. The van der Waals surface area contributed by atoms with Crippen LogP contribution in [0.5, 0.6) is 0 Å². The van der Waals surface area contributed by atoms with Crippen molar-refractivity contribution in [2.45, 2.75) is 51.4 Å². The second-order valence-corrected chi connectivity index (χ2v) is 10.9. The summed E-state index contributed by atoms with van der Waals surface area (Å²) in [6.45, 7) is 1.21. The lowest BCUT2D eigenvalue weighted by molar-refractivity contribution is -0.129. The molecule has 4 heteroatoms. The summed E-state index contributed by atoms with van der Waals surface area (Å²) in [6.07, 6.45) is 9.80. The number of Topliss-reactive ketones (excluding diaryl/α,β-unsaturated/α-hetero) is 2. The quantitative estimate of drug-likeness (QED) is 0.700. The molecule has 0 heterocycles. The largest absolute Gasteiger partial charge is 0.302 e. The summed E-state index contributed by atoms with van der Waals surface area (Å²) in [7, 11) is 8.04. The predicted octanol–water partition coefficient (Wildman–Crippen LogP) is 3.35. The van der Waals surface area contributed by atoms with Crippen molar-refractivity contribution in [2.75, 3.05) is 41.3 Å². The summed E-state index contributed by atoms with van der Waals surface area (Å²) in [5.74, 6) is 6.17. The van der Waals surface area contributed by atoms with E-state index < -0.39 is 0 Å². The van der Waals surface area contributed by atoms with E-state index in [2.05, 4.69) is 0 Å². The van der Waals surface area contributed by atoms with Gasteiger partial charge in [0, 0.05) is 11.8 Å². The number of rotatable bonds is 6. The molecule has 0 radical (unpaired) electrons. The van der Waals surface area contributed by atoms with Crippen molar-refractivity contribution in [1.82, 2.24) is 9.80 Å². The van der Waals surface area contributed by atoms with E-state index in [1.165, 1.54) is 32.1 Å². The molecule has 0 spiro atoms. The van der Waals surface area contributed by atoms with Crippen LogP contribution in [0, 0.1) is 47.3 Å². The molecule has 8 unspecified atom stereocenters. The first kappa shape index (κ1) is 20.5. The van der Waals surface area contributed by atoms with E-state index in [1.807, 2.05) is 38.0 Å². The third-order valence-electron chi connectivity index (χ3n) is 8.75. The fraction of sp³-hybridized carbons (Fsp3) is 0.917. The van der Waals surface area contributed by atoms with Crippen molar-refractivity contribution in [3.63, 3.8) is 0 Å². The number of likely N-dealkylation sites (N-methyl/N-ethyl adjacent to an activating group) is 2. The number of fused-ring (bicyclic) bond motifs is 3. The molecule has 0 bridgehead atoms. The zero-order valence-corrected chi connectivity index (χ0v) is 18.4. The van der Waals surface area contributed by atoms with Crippen molar-refractivity contribution >= 4 is 11.6 Å². The summed E-state index contributed by atoms with van der Waals surface area (Å²) < 4.78 is 0. The first-order valence-corrected chi connectivity index (χ1v) is 11.7. The van der Waals surface area contributed by atoms with E-state index in [9.17, 15) is 9.59 Å². The van der Waals surface area contributed by atoms with Crippen LogP contribution in [-0.2, 0) is 9.59 Å². The lowest BCUT2D eigenvalue weighted by Crippen LogP contribution is -2.43. The standard InChI is InChI=1S/C24H40N2O2/c1-25(2)13-22(27)15-8-9-16-18-6-5-7-19-17(23(28)14-26(3)4)10-11-20(24(18)19)21(16)12-15/h15-21,24H,5-14H2,1-4H3. The molecule has 0 aromatic rings. The van der Waals surface area contributed by atoms with Gasteiger partial charge < -0.3 is 9.80 Å². The van der Waals surface area contributed by atoms with Crippen LogP contribution in [0.2, 0.25) is 0 Å². The van der Waals surface area contributed by atoms with Gasteiger partial charge in [0.05, 0.1) is 13.1 Å². The Labute approximate surface area is 171 Å². The van der Waals surface area contributed by atoms with Gasteiger partial charge in [0.2, 0.25) is 0 Å². The predicted molar refractivity (Wildman–Crippen MR) is 112 cm³/mol. The van der Waals surface area contributed by atoms with E-state index in [4.69, 9.17) is 0 Å². The van der Waals surface area contributed by atoms with Crippen LogP contribution >= 0.6 is 0 Å². The first-order valence-electron chi connectivity index (χ1n) is 11.7. The minimum absolute atomic E-state index is 0.287. The summed E-state index contributed by atoms with van der Waals surface area (Å²) >= 11 is 0. The zero-order valence-electron chi connectivity index (χ0n) is 18.4. The number of hydrogen-bond donors (Lipinski definition) is 0. The topological polar surface area (TPSA) is 40.6 Å². The van der Waals surface area contributed by atoms with Gasteiger partial charge in [-0.3, -0.25) is 9.59 Å². The van der Waals surface area contributed by atoms with Crippen LogP contribution in [0.1, 0.15) is 51.4 Å². The molecule has 4 rings (SSSR count). The maximum Gasteiger partial charge on any atom is 0.150 e. The van der Waals surface area contributed by atoms with Gasteiger partial charge in [0.25, 0.3) is 0 Å². The van der Waals surface area contributed by atoms with E-state index in [0.29, 0.717) is 36.5 Å². The lowest BCUT2D eigenvalue weighted by atomic mass is 9.59. The molecule has 4 nitrogen and oxygen atoms in total. The Kier molecular flexibility index (Phi) is 6.00. The maximum atomic E-state index is 13.0. The molecule has 4 saturated carbocycles. The van der Waals surface area contributed by atoms with Gasteiger partial charge >= 0.3 is 0 Å². The van der Waals surface area contributed by atoms with Crippen LogP contribution in [0.15, 0.2) is 0 Å². The smallest absolute Gasteiger partial charge is 0.150 e. The number of ketones is 2. The van der Waals surface area contributed by atoms with Gasteiger partial charge in [0.1, 0.15) is 11.6 Å². The summed E-state index contributed by atoms with van der Waals surface area (Å²) in [5.41, 5.74) is 0. The number of carbonyl (C=O) groups excluding carboxylic acids is 2. The van der Waals surface area contributed by atoms with E-state index in [1.54, 1.807) is 0 Å². The summed E-state index contributed by atoms with van der Waals surface area (Å²) in [4.78, 5) is 29.8. The lowest BCUT2D eigenvalue weighted by Gasteiger charge is -2.46. The van der Waals surface area contributed by atoms with Gasteiger partial charge in [-0.05, 0) is 109 Å². The van der Waals surface area contributed by atoms with E-state index >= 15 is 0 Å². The molecule has 158 valence electrons. The molecule has 0 N–H and O–H groups in total. The number of carbonyl (C=O) groups is 2. The monoisotopic (exact) mass is 388 g/mol. The highest BCUT2D eigenvalue weighted by Gasteiger charge is 2.58. The Morgan fingerprint density at radius 1 is 0.679 bits per heavy atom. The third kappa shape index (κ3) is 3.71. The third-order valence-corrected chi connectivity index (χ3v) is 8.75. The molecule has 4 aliphatic rings. The van der Waals surface area contributed by atoms with Crippen LogP contribution in [0.25, 0.3) is 0 Å². The fourth-order valence-corrected chi connectivity index (χ4v) is 7.99. The fourth-order valence-electron chi connectivity index (χ4n) is 7.99. The Morgan fingerprint density at radius 3 is 2.00 bits per heavy atom. The van der Waals surface area contributed by atoms with Gasteiger partial charge in [-0.2, -0.15) is 0 Å². The van der Waals surface area contributed by atoms with Crippen LogP contribution in [0.4, 0.5) is 0 Å².